The van der Waals surface area contributed by atoms with Crippen LogP contribution in [0.4, 0.5) is 5.13 Å². The lowest BCUT2D eigenvalue weighted by molar-refractivity contribution is -0.125. The summed E-state index contributed by atoms with van der Waals surface area (Å²) in [5, 5.41) is 6.22. The molecule has 2 amide bonds. The highest BCUT2D eigenvalue weighted by Gasteiger charge is 2.34. The van der Waals surface area contributed by atoms with Gasteiger partial charge in [-0.05, 0) is 50.6 Å². The van der Waals surface area contributed by atoms with E-state index in [9.17, 15) is 14.4 Å². The Kier molecular flexibility index (Phi) is 7.15. The minimum Gasteiger partial charge on any atom is -0.355 e. The van der Waals surface area contributed by atoms with Gasteiger partial charge < -0.3 is 10.2 Å². The van der Waals surface area contributed by atoms with Gasteiger partial charge in [-0.3, -0.25) is 19.7 Å². The summed E-state index contributed by atoms with van der Waals surface area (Å²) in [7, 11) is 4.01. The SMILES string of the molecule is Cc1cccc(C(=O)Nc2nc3c(s2)C(=O)C[C@@H](C(=O)NCC(C)(C)CN(C)C)C3)c1C. The molecule has 1 aliphatic carbocycles. The lowest BCUT2D eigenvalue weighted by Gasteiger charge is -2.29. The lowest BCUT2D eigenvalue weighted by atomic mass is 9.88. The molecule has 0 radical (unpaired) electrons. The summed E-state index contributed by atoms with van der Waals surface area (Å²) in [6.45, 7) is 9.45. The zero-order chi connectivity index (χ0) is 23.6. The van der Waals surface area contributed by atoms with Gasteiger partial charge in [-0.15, -0.1) is 0 Å². The Morgan fingerprint density at radius 1 is 1.22 bits per heavy atom. The van der Waals surface area contributed by atoms with E-state index in [2.05, 4.69) is 34.4 Å². The Balaban J connectivity index is 1.67. The molecule has 0 unspecified atom stereocenters. The van der Waals surface area contributed by atoms with Gasteiger partial charge in [-0.25, -0.2) is 4.98 Å². The van der Waals surface area contributed by atoms with E-state index in [1.807, 2.05) is 40.1 Å². The molecule has 7 nitrogen and oxygen atoms in total. The molecule has 0 aliphatic heterocycles. The number of Topliss-reactive ketones (excluding diaryl/α,β-unsaturated/α-hetero) is 1. The summed E-state index contributed by atoms with van der Waals surface area (Å²) < 4.78 is 0. The van der Waals surface area contributed by atoms with Crippen molar-refractivity contribution in [2.75, 3.05) is 32.5 Å². The standard InChI is InChI=1S/C24H32N4O3S/c1-14-8-7-9-17(15(14)2)22(31)27-23-26-18-10-16(11-19(29)20(18)32-23)21(30)25-12-24(3,4)13-28(5)6/h7-9,16H,10-13H2,1-6H3,(H,25,30)(H,26,27,31)/t16-/m0/s1. The second-order valence-corrected chi connectivity index (χ2v) is 10.6. The van der Waals surface area contributed by atoms with Crippen molar-refractivity contribution in [3.8, 4) is 0 Å². The molecule has 0 fully saturated rings. The number of aromatic nitrogens is 1. The van der Waals surface area contributed by atoms with E-state index in [0.717, 1.165) is 17.7 Å². The monoisotopic (exact) mass is 456 g/mol. The largest absolute Gasteiger partial charge is 0.355 e. The van der Waals surface area contributed by atoms with Crippen LogP contribution in [0.15, 0.2) is 18.2 Å². The molecule has 0 spiro atoms. The lowest BCUT2D eigenvalue weighted by Crippen LogP contribution is -2.43. The summed E-state index contributed by atoms with van der Waals surface area (Å²) >= 11 is 1.18. The number of nitrogens with one attached hydrogen (secondary N) is 2. The molecule has 1 aromatic heterocycles. The number of ketones is 1. The number of rotatable bonds is 7. The van der Waals surface area contributed by atoms with Crippen molar-refractivity contribution >= 4 is 34.1 Å². The first-order valence-electron chi connectivity index (χ1n) is 10.8. The van der Waals surface area contributed by atoms with Gasteiger partial charge in [0.25, 0.3) is 5.91 Å². The van der Waals surface area contributed by atoms with Gasteiger partial charge in [0.2, 0.25) is 5.91 Å². The normalized spacial score (nSPS) is 16.1. The summed E-state index contributed by atoms with van der Waals surface area (Å²) in [6, 6.07) is 5.57. The van der Waals surface area contributed by atoms with Crippen molar-refractivity contribution < 1.29 is 14.4 Å². The molecule has 3 rings (SSSR count). The second-order valence-electron chi connectivity index (χ2n) is 9.64. The van der Waals surface area contributed by atoms with Crippen molar-refractivity contribution in [1.29, 1.82) is 0 Å². The molecule has 0 saturated heterocycles. The number of nitrogens with zero attached hydrogens (tertiary/aromatic N) is 2. The minimum atomic E-state index is -0.435. The highest BCUT2D eigenvalue weighted by Crippen LogP contribution is 2.33. The van der Waals surface area contributed by atoms with Crippen LogP contribution in [0, 0.1) is 25.2 Å². The molecule has 8 heteroatoms. The van der Waals surface area contributed by atoms with E-state index in [1.165, 1.54) is 11.3 Å². The smallest absolute Gasteiger partial charge is 0.257 e. The average molecular weight is 457 g/mol. The molecular formula is C24H32N4O3S. The van der Waals surface area contributed by atoms with Gasteiger partial charge in [0.15, 0.2) is 10.9 Å². The van der Waals surface area contributed by atoms with Gasteiger partial charge in [0, 0.05) is 31.5 Å². The summed E-state index contributed by atoms with van der Waals surface area (Å²) in [5.41, 5.74) is 3.05. The fourth-order valence-electron chi connectivity index (χ4n) is 4.11. The summed E-state index contributed by atoms with van der Waals surface area (Å²) in [4.78, 5) is 45.3. The molecule has 0 saturated carbocycles. The van der Waals surface area contributed by atoms with E-state index in [1.54, 1.807) is 6.07 Å². The molecule has 172 valence electrons. The number of carbonyl (C=O) groups excluding carboxylic acids is 3. The van der Waals surface area contributed by atoms with Gasteiger partial charge in [-0.1, -0.05) is 37.3 Å². The first-order valence-corrected chi connectivity index (χ1v) is 11.6. The maximum absolute atomic E-state index is 12.8. The summed E-state index contributed by atoms with van der Waals surface area (Å²) in [6.07, 6.45) is 0.566. The van der Waals surface area contributed by atoms with E-state index >= 15 is 0 Å². The predicted octanol–water partition coefficient (Wildman–Crippen LogP) is 3.46. The molecular weight excluding hydrogens is 424 g/mol. The number of hydrogen-bond donors (Lipinski definition) is 2. The first-order chi connectivity index (χ1) is 15.0. The van der Waals surface area contributed by atoms with Crippen LogP contribution in [0.1, 0.15) is 57.1 Å². The van der Waals surface area contributed by atoms with E-state index in [-0.39, 0.29) is 29.4 Å². The Morgan fingerprint density at radius 3 is 2.62 bits per heavy atom. The molecule has 1 aliphatic rings. The fraction of sp³-hybridized carbons (Fsp3) is 0.500. The van der Waals surface area contributed by atoms with Gasteiger partial charge in [-0.2, -0.15) is 0 Å². The molecule has 32 heavy (non-hydrogen) atoms. The molecule has 0 bridgehead atoms. The van der Waals surface area contributed by atoms with Crippen molar-refractivity contribution in [3.05, 3.63) is 45.5 Å². The maximum Gasteiger partial charge on any atom is 0.257 e. The van der Waals surface area contributed by atoms with Crippen LogP contribution in [0.5, 0.6) is 0 Å². The third kappa shape index (κ3) is 5.61. The van der Waals surface area contributed by atoms with E-state index in [0.29, 0.717) is 34.2 Å². The third-order valence-electron chi connectivity index (χ3n) is 5.75. The van der Waals surface area contributed by atoms with Gasteiger partial charge in [0.1, 0.15) is 0 Å². The highest BCUT2D eigenvalue weighted by molar-refractivity contribution is 7.17. The third-order valence-corrected chi connectivity index (χ3v) is 6.80. The molecule has 1 atom stereocenters. The van der Waals surface area contributed by atoms with Crippen LogP contribution in [-0.2, 0) is 11.2 Å². The van der Waals surface area contributed by atoms with Crippen LogP contribution in [-0.4, -0.2) is 54.7 Å². The number of thiazole rings is 1. The Hall–Kier alpha value is -2.58. The quantitative estimate of drug-likeness (QED) is 0.666. The molecule has 1 aromatic carbocycles. The Morgan fingerprint density at radius 2 is 1.94 bits per heavy atom. The van der Waals surface area contributed by atoms with Crippen molar-refractivity contribution in [2.45, 2.75) is 40.5 Å². The number of anilines is 1. The molecule has 2 aromatic rings. The fourth-order valence-corrected chi connectivity index (χ4v) is 5.05. The minimum absolute atomic E-state index is 0.0744. The van der Waals surface area contributed by atoms with Crippen LogP contribution >= 0.6 is 11.3 Å². The molecule has 1 heterocycles. The Labute approximate surface area is 193 Å². The summed E-state index contributed by atoms with van der Waals surface area (Å²) in [5.74, 6) is -0.898. The second kappa shape index (κ2) is 9.50. The predicted molar refractivity (Wildman–Crippen MR) is 127 cm³/mol. The van der Waals surface area contributed by atoms with Crippen LogP contribution in [0.3, 0.4) is 0 Å². The molecule has 2 N–H and O–H groups in total. The number of benzene rings is 1. The first kappa shape index (κ1) is 24.1. The zero-order valence-electron chi connectivity index (χ0n) is 19.7. The number of amides is 2. The van der Waals surface area contributed by atoms with Gasteiger partial charge in [0.05, 0.1) is 16.5 Å². The zero-order valence-corrected chi connectivity index (χ0v) is 20.5. The van der Waals surface area contributed by atoms with E-state index < -0.39 is 5.92 Å². The van der Waals surface area contributed by atoms with Gasteiger partial charge >= 0.3 is 0 Å². The number of aryl methyl sites for hydroxylation is 1. The van der Waals surface area contributed by atoms with Crippen molar-refractivity contribution in [2.24, 2.45) is 11.3 Å². The van der Waals surface area contributed by atoms with Crippen LogP contribution in [0.2, 0.25) is 0 Å². The average Bonchev–Trinajstić information content (AvgIpc) is 3.10. The number of hydrogen-bond acceptors (Lipinski definition) is 6. The van der Waals surface area contributed by atoms with Crippen molar-refractivity contribution in [1.82, 2.24) is 15.2 Å². The highest BCUT2D eigenvalue weighted by atomic mass is 32.1. The Bertz CT molecular complexity index is 1040. The van der Waals surface area contributed by atoms with Crippen LogP contribution < -0.4 is 10.6 Å². The maximum atomic E-state index is 12.8. The van der Waals surface area contributed by atoms with Crippen molar-refractivity contribution in [3.63, 3.8) is 0 Å². The number of fused-ring (bicyclic) bond motifs is 1. The van der Waals surface area contributed by atoms with Crippen LogP contribution in [0.25, 0.3) is 0 Å². The van der Waals surface area contributed by atoms with E-state index in [4.69, 9.17) is 0 Å². The number of carbonyl (C=O) groups is 3. The topological polar surface area (TPSA) is 91.4 Å².